The molecule has 0 aliphatic carbocycles. The molecule has 10 heteroatoms. The van der Waals surface area contributed by atoms with Crippen molar-refractivity contribution in [2.75, 3.05) is 11.1 Å². The molecular weight excluding hydrogens is 380 g/mol. The number of amides is 2. The topological polar surface area (TPSA) is 111 Å². The number of thioether (sulfide) groups is 1. The average Bonchev–Trinajstić information content (AvgIpc) is 3.25. The second-order valence-corrected chi connectivity index (χ2v) is 8.45. The van der Waals surface area contributed by atoms with Crippen LogP contribution in [0.2, 0.25) is 0 Å². The highest BCUT2D eigenvalue weighted by molar-refractivity contribution is 8.01. The van der Waals surface area contributed by atoms with E-state index >= 15 is 0 Å². The third-order valence-corrected chi connectivity index (χ3v) is 6.51. The lowest BCUT2D eigenvalue weighted by molar-refractivity contribution is -0.115. The number of carbonyl (C=O) groups is 2. The SMILES string of the molecule is Cc1nc(NC(=O)c2nc(-c3ccco3)sc2C)sc1SCC(N)=O. The molecule has 0 spiro atoms. The van der Waals surface area contributed by atoms with Crippen LogP contribution in [-0.2, 0) is 4.79 Å². The van der Waals surface area contributed by atoms with Gasteiger partial charge in [0.15, 0.2) is 15.9 Å². The second-order valence-electron chi connectivity index (χ2n) is 5.00. The zero-order valence-corrected chi connectivity index (χ0v) is 15.8. The summed E-state index contributed by atoms with van der Waals surface area (Å²) in [5.74, 6) is 0.0785. The van der Waals surface area contributed by atoms with Crippen LogP contribution in [0.4, 0.5) is 5.13 Å². The van der Waals surface area contributed by atoms with Crippen LogP contribution in [0.5, 0.6) is 0 Å². The van der Waals surface area contributed by atoms with E-state index in [1.807, 2.05) is 13.8 Å². The number of nitrogens with one attached hydrogen (secondary N) is 1. The molecule has 25 heavy (non-hydrogen) atoms. The van der Waals surface area contributed by atoms with Crippen LogP contribution < -0.4 is 11.1 Å². The molecule has 3 aromatic heterocycles. The van der Waals surface area contributed by atoms with Crippen molar-refractivity contribution in [1.82, 2.24) is 9.97 Å². The number of aromatic nitrogens is 2. The van der Waals surface area contributed by atoms with E-state index in [4.69, 9.17) is 10.2 Å². The fourth-order valence-corrected chi connectivity index (χ4v) is 4.73. The van der Waals surface area contributed by atoms with E-state index in [0.29, 0.717) is 21.6 Å². The third kappa shape index (κ3) is 4.09. The van der Waals surface area contributed by atoms with Gasteiger partial charge in [0.25, 0.3) is 5.91 Å². The summed E-state index contributed by atoms with van der Waals surface area (Å²) in [7, 11) is 0. The summed E-state index contributed by atoms with van der Waals surface area (Å²) in [6.45, 7) is 3.65. The summed E-state index contributed by atoms with van der Waals surface area (Å²) in [5, 5.41) is 3.87. The van der Waals surface area contributed by atoms with Crippen molar-refractivity contribution in [3.63, 3.8) is 0 Å². The number of aryl methyl sites for hydroxylation is 2. The zero-order valence-electron chi connectivity index (χ0n) is 13.4. The molecule has 2 amide bonds. The number of furan rings is 1. The molecule has 3 N–H and O–H groups in total. The first kappa shape index (κ1) is 17.6. The predicted molar refractivity (Wildman–Crippen MR) is 99.3 cm³/mol. The lowest BCUT2D eigenvalue weighted by Crippen LogP contribution is -2.13. The minimum absolute atomic E-state index is 0.175. The molecule has 130 valence electrons. The second kappa shape index (κ2) is 7.38. The van der Waals surface area contributed by atoms with Crippen molar-refractivity contribution < 1.29 is 14.0 Å². The summed E-state index contributed by atoms with van der Waals surface area (Å²) in [6, 6.07) is 3.57. The van der Waals surface area contributed by atoms with Gasteiger partial charge < -0.3 is 10.2 Å². The largest absolute Gasteiger partial charge is 0.462 e. The zero-order chi connectivity index (χ0) is 18.0. The quantitative estimate of drug-likeness (QED) is 0.621. The Morgan fingerprint density at radius 1 is 1.32 bits per heavy atom. The molecule has 3 aromatic rings. The van der Waals surface area contributed by atoms with E-state index in [1.54, 1.807) is 18.4 Å². The van der Waals surface area contributed by atoms with Gasteiger partial charge in [-0.05, 0) is 26.0 Å². The molecule has 0 saturated heterocycles. The van der Waals surface area contributed by atoms with Crippen LogP contribution in [0.1, 0.15) is 21.1 Å². The van der Waals surface area contributed by atoms with E-state index in [9.17, 15) is 9.59 Å². The molecule has 3 heterocycles. The monoisotopic (exact) mass is 394 g/mol. The fourth-order valence-electron chi connectivity index (χ4n) is 1.98. The number of thiazole rings is 2. The van der Waals surface area contributed by atoms with Crippen molar-refractivity contribution in [2.45, 2.75) is 18.1 Å². The maximum atomic E-state index is 12.5. The van der Waals surface area contributed by atoms with Crippen molar-refractivity contribution in [2.24, 2.45) is 5.73 Å². The van der Waals surface area contributed by atoms with Crippen LogP contribution >= 0.6 is 34.4 Å². The van der Waals surface area contributed by atoms with Crippen LogP contribution in [-0.4, -0.2) is 27.5 Å². The van der Waals surface area contributed by atoms with Gasteiger partial charge in [-0.3, -0.25) is 14.9 Å². The highest BCUT2D eigenvalue weighted by Crippen LogP contribution is 2.33. The Morgan fingerprint density at radius 2 is 2.12 bits per heavy atom. The minimum Gasteiger partial charge on any atom is -0.462 e. The lowest BCUT2D eigenvalue weighted by Gasteiger charge is -1.98. The maximum Gasteiger partial charge on any atom is 0.277 e. The van der Waals surface area contributed by atoms with E-state index in [-0.39, 0.29) is 11.7 Å². The van der Waals surface area contributed by atoms with Crippen molar-refractivity contribution in [3.8, 4) is 10.8 Å². The van der Waals surface area contributed by atoms with Gasteiger partial charge in [0.05, 0.1) is 21.9 Å². The fraction of sp³-hybridized carbons (Fsp3) is 0.200. The normalized spacial score (nSPS) is 10.8. The van der Waals surface area contributed by atoms with E-state index in [2.05, 4.69) is 15.3 Å². The van der Waals surface area contributed by atoms with Gasteiger partial charge in [-0.25, -0.2) is 9.97 Å². The number of carbonyl (C=O) groups excluding carboxylic acids is 2. The number of primary amides is 1. The number of anilines is 1. The number of hydrogen-bond donors (Lipinski definition) is 2. The standard InChI is InChI=1S/C15H14N4O3S3/c1-7-14(23-6-10(16)20)25-15(17-7)19-12(21)11-8(2)24-13(18-11)9-4-3-5-22-9/h3-5H,6H2,1-2H3,(H2,16,20)(H,17,19,21). The van der Waals surface area contributed by atoms with Gasteiger partial charge in [0.1, 0.15) is 5.69 Å². The molecule has 0 fully saturated rings. The Kier molecular flexibility index (Phi) is 5.21. The average molecular weight is 395 g/mol. The molecular formula is C15H14N4O3S3. The molecule has 0 aliphatic heterocycles. The first-order valence-corrected chi connectivity index (χ1v) is 9.77. The van der Waals surface area contributed by atoms with E-state index < -0.39 is 5.91 Å². The molecule has 0 unspecified atom stereocenters. The highest BCUT2D eigenvalue weighted by Gasteiger charge is 2.19. The van der Waals surface area contributed by atoms with Gasteiger partial charge in [0.2, 0.25) is 5.91 Å². The molecule has 0 atom stereocenters. The van der Waals surface area contributed by atoms with Gasteiger partial charge in [-0.2, -0.15) is 0 Å². The summed E-state index contributed by atoms with van der Waals surface area (Å²) >= 11 is 4.01. The predicted octanol–water partition coefficient (Wildman–Crippen LogP) is 3.31. The number of nitrogens with zero attached hydrogens (tertiary/aromatic N) is 2. The molecule has 0 aromatic carbocycles. The molecule has 0 radical (unpaired) electrons. The van der Waals surface area contributed by atoms with Crippen LogP contribution in [0, 0.1) is 13.8 Å². The van der Waals surface area contributed by atoms with E-state index in [0.717, 1.165) is 14.8 Å². The number of hydrogen-bond acceptors (Lipinski definition) is 8. The molecule has 7 nitrogen and oxygen atoms in total. The maximum absolute atomic E-state index is 12.5. The molecule has 3 rings (SSSR count). The van der Waals surface area contributed by atoms with Crippen LogP contribution in [0.15, 0.2) is 27.0 Å². The number of rotatable bonds is 6. The highest BCUT2D eigenvalue weighted by atomic mass is 32.2. The smallest absolute Gasteiger partial charge is 0.277 e. The summed E-state index contributed by atoms with van der Waals surface area (Å²) in [6.07, 6.45) is 1.56. The van der Waals surface area contributed by atoms with Crippen LogP contribution in [0.3, 0.4) is 0 Å². The molecule has 0 saturated carbocycles. The van der Waals surface area contributed by atoms with E-state index in [1.165, 1.54) is 34.4 Å². The first-order chi connectivity index (χ1) is 11.9. The molecule has 0 aliphatic rings. The Balaban J connectivity index is 1.74. The Hall–Kier alpha value is -2.17. The summed E-state index contributed by atoms with van der Waals surface area (Å²) < 4.78 is 6.16. The first-order valence-electron chi connectivity index (χ1n) is 7.15. The van der Waals surface area contributed by atoms with Crippen LogP contribution in [0.25, 0.3) is 10.8 Å². The molecule has 0 bridgehead atoms. The Bertz CT molecular complexity index is 915. The van der Waals surface area contributed by atoms with Gasteiger partial charge >= 0.3 is 0 Å². The van der Waals surface area contributed by atoms with Gasteiger partial charge in [-0.15, -0.1) is 23.1 Å². The summed E-state index contributed by atoms with van der Waals surface area (Å²) in [4.78, 5) is 32.8. The number of nitrogens with two attached hydrogens (primary N) is 1. The van der Waals surface area contributed by atoms with Crippen molar-refractivity contribution in [3.05, 3.63) is 34.7 Å². The van der Waals surface area contributed by atoms with Gasteiger partial charge in [-0.1, -0.05) is 11.3 Å². The van der Waals surface area contributed by atoms with Crippen molar-refractivity contribution >= 4 is 51.4 Å². The Morgan fingerprint density at radius 3 is 2.80 bits per heavy atom. The Labute approximate surface area is 155 Å². The minimum atomic E-state index is -0.396. The summed E-state index contributed by atoms with van der Waals surface area (Å²) in [5.41, 5.74) is 6.24. The van der Waals surface area contributed by atoms with Gasteiger partial charge in [0, 0.05) is 4.88 Å². The lowest BCUT2D eigenvalue weighted by atomic mass is 10.3. The third-order valence-electron chi connectivity index (χ3n) is 3.06. The van der Waals surface area contributed by atoms with Crippen molar-refractivity contribution in [1.29, 1.82) is 0 Å².